The topological polar surface area (TPSA) is 58.2 Å². The van der Waals surface area contributed by atoms with Gasteiger partial charge in [-0.25, -0.2) is 0 Å². The molecule has 4 aliphatic carbocycles. The molecule has 26 heavy (non-hydrogen) atoms. The summed E-state index contributed by atoms with van der Waals surface area (Å²) in [6.07, 6.45) is 7.95. The largest absolute Gasteiger partial charge is 0.354 e. The molecule has 0 saturated heterocycles. The molecule has 0 spiro atoms. The summed E-state index contributed by atoms with van der Waals surface area (Å²) in [6, 6.07) is 4.69. The minimum atomic E-state index is -0.364. The van der Waals surface area contributed by atoms with E-state index in [1.165, 1.54) is 44.6 Å². The minimum Gasteiger partial charge on any atom is -0.354 e. The van der Waals surface area contributed by atoms with Crippen LogP contribution < -0.4 is 10.6 Å². The third-order valence-corrected chi connectivity index (χ3v) is 6.96. The first kappa shape index (κ1) is 18.1. The second kappa shape index (κ2) is 7.05. The zero-order valence-corrected chi connectivity index (χ0v) is 16.2. The van der Waals surface area contributed by atoms with E-state index in [9.17, 15) is 9.59 Å². The minimum absolute atomic E-state index is 0.0375. The van der Waals surface area contributed by atoms with Crippen molar-refractivity contribution in [2.45, 2.75) is 38.5 Å². The number of rotatable bonds is 5. The van der Waals surface area contributed by atoms with E-state index in [-0.39, 0.29) is 23.4 Å². The van der Waals surface area contributed by atoms with Crippen molar-refractivity contribution in [3.63, 3.8) is 0 Å². The van der Waals surface area contributed by atoms with Gasteiger partial charge in [-0.1, -0.05) is 23.2 Å². The molecule has 140 valence electrons. The van der Waals surface area contributed by atoms with E-state index in [4.69, 9.17) is 23.2 Å². The number of carbonyl (C=O) groups is 2. The second-order valence-corrected chi connectivity index (χ2v) is 9.34. The number of amides is 2. The number of carbonyl (C=O) groups excluding carboxylic acids is 2. The molecule has 4 nitrogen and oxygen atoms in total. The van der Waals surface area contributed by atoms with E-state index < -0.39 is 0 Å². The molecule has 6 heteroatoms. The molecule has 1 aromatic carbocycles. The van der Waals surface area contributed by atoms with Crippen molar-refractivity contribution in [2.24, 2.45) is 23.2 Å². The summed E-state index contributed by atoms with van der Waals surface area (Å²) in [5.41, 5.74) is 0.624. The summed E-state index contributed by atoms with van der Waals surface area (Å²) < 4.78 is 0. The fraction of sp³-hybridized carbons (Fsp3) is 0.600. The van der Waals surface area contributed by atoms with Crippen LogP contribution >= 0.6 is 23.2 Å². The molecule has 4 saturated carbocycles. The lowest BCUT2D eigenvalue weighted by atomic mass is 9.49. The van der Waals surface area contributed by atoms with Crippen LogP contribution in [-0.2, 0) is 4.79 Å². The lowest BCUT2D eigenvalue weighted by Gasteiger charge is -2.56. The molecule has 0 unspecified atom stereocenters. The fourth-order valence-electron chi connectivity index (χ4n) is 5.78. The van der Waals surface area contributed by atoms with Crippen LogP contribution in [0.2, 0.25) is 10.0 Å². The first-order valence-corrected chi connectivity index (χ1v) is 10.2. The number of hydrogen-bond donors (Lipinski definition) is 2. The van der Waals surface area contributed by atoms with Gasteiger partial charge in [-0.2, -0.15) is 0 Å². The zero-order valence-electron chi connectivity index (χ0n) is 14.7. The van der Waals surface area contributed by atoms with E-state index in [2.05, 4.69) is 10.6 Å². The second-order valence-electron chi connectivity index (χ2n) is 8.50. The SMILES string of the molecule is O=C(CNC(=O)c1ccc(Cl)cc1Cl)NCC12CC3CC(CC(C3)C1)C2. The Labute approximate surface area is 164 Å². The predicted octanol–water partition coefficient (Wildman–Crippen LogP) is 4.06. The Bertz CT molecular complexity index is 699. The van der Waals surface area contributed by atoms with Crippen molar-refractivity contribution in [1.29, 1.82) is 0 Å². The molecule has 0 atom stereocenters. The molecule has 5 rings (SSSR count). The average molecular weight is 395 g/mol. The predicted molar refractivity (Wildman–Crippen MR) is 102 cm³/mol. The summed E-state index contributed by atoms with van der Waals surface area (Å²) in [5.74, 6) is 2.09. The summed E-state index contributed by atoms with van der Waals surface area (Å²) >= 11 is 11.9. The van der Waals surface area contributed by atoms with Gasteiger partial charge < -0.3 is 10.6 Å². The molecule has 0 aromatic heterocycles. The third kappa shape index (κ3) is 3.72. The van der Waals surface area contributed by atoms with Gasteiger partial charge >= 0.3 is 0 Å². The quantitative estimate of drug-likeness (QED) is 0.790. The molecule has 4 aliphatic rings. The Hall–Kier alpha value is -1.26. The van der Waals surface area contributed by atoms with E-state index in [1.54, 1.807) is 12.1 Å². The lowest BCUT2D eigenvalue weighted by molar-refractivity contribution is -0.122. The molecule has 2 N–H and O–H groups in total. The van der Waals surface area contributed by atoms with E-state index in [0.29, 0.717) is 16.0 Å². The molecule has 0 heterocycles. The highest BCUT2D eigenvalue weighted by atomic mass is 35.5. The first-order chi connectivity index (χ1) is 12.4. The third-order valence-electron chi connectivity index (χ3n) is 6.41. The van der Waals surface area contributed by atoms with Crippen molar-refractivity contribution in [3.05, 3.63) is 33.8 Å². The highest BCUT2D eigenvalue weighted by Gasteiger charge is 2.50. The standard InChI is InChI=1S/C20H24Cl2N2O2/c21-15-1-2-16(17(22)6-15)19(26)23-10-18(25)24-11-20-7-12-3-13(8-20)5-14(4-12)9-20/h1-2,6,12-14H,3-5,7-11H2,(H,23,26)(H,24,25). The summed E-state index contributed by atoms with van der Waals surface area (Å²) in [5, 5.41) is 6.46. The smallest absolute Gasteiger partial charge is 0.253 e. The molecule has 0 radical (unpaired) electrons. The van der Waals surface area contributed by atoms with Gasteiger partial charge in [0.05, 0.1) is 17.1 Å². The van der Waals surface area contributed by atoms with Crippen LogP contribution in [0.25, 0.3) is 0 Å². The Morgan fingerprint density at radius 2 is 1.62 bits per heavy atom. The van der Waals surface area contributed by atoms with Crippen LogP contribution in [-0.4, -0.2) is 24.9 Å². The summed E-state index contributed by atoms with van der Waals surface area (Å²) in [6.45, 7) is 0.705. The van der Waals surface area contributed by atoms with Crippen LogP contribution in [0.4, 0.5) is 0 Å². The summed E-state index contributed by atoms with van der Waals surface area (Å²) in [7, 11) is 0. The maximum Gasteiger partial charge on any atom is 0.253 e. The van der Waals surface area contributed by atoms with E-state index in [1.807, 2.05) is 0 Å². The van der Waals surface area contributed by atoms with Crippen LogP contribution in [0.1, 0.15) is 48.9 Å². The van der Waals surface area contributed by atoms with Gasteiger partial charge in [-0.3, -0.25) is 9.59 Å². The zero-order chi connectivity index (χ0) is 18.3. The lowest BCUT2D eigenvalue weighted by Crippen LogP contribution is -2.52. The monoisotopic (exact) mass is 394 g/mol. The molecular weight excluding hydrogens is 371 g/mol. The van der Waals surface area contributed by atoms with Gasteiger partial charge in [0.15, 0.2) is 0 Å². The van der Waals surface area contributed by atoms with Gasteiger partial charge in [-0.05, 0) is 79.9 Å². The van der Waals surface area contributed by atoms with Crippen LogP contribution in [0.5, 0.6) is 0 Å². The maximum atomic E-state index is 12.2. The van der Waals surface area contributed by atoms with Gasteiger partial charge in [-0.15, -0.1) is 0 Å². The summed E-state index contributed by atoms with van der Waals surface area (Å²) in [4.78, 5) is 24.4. The Kier molecular flexibility index (Phi) is 4.91. The van der Waals surface area contributed by atoms with Gasteiger partial charge in [0.2, 0.25) is 5.91 Å². The van der Waals surface area contributed by atoms with Crippen LogP contribution in [0, 0.1) is 23.2 Å². The van der Waals surface area contributed by atoms with Crippen molar-refractivity contribution in [2.75, 3.05) is 13.1 Å². The van der Waals surface area contributed by atoms with Crippen LogP contribution in [0.15, 0.2) is 18.2 Å². The normalized spacial score (nSPS) is 31.7. The van der Waals surface area contributed by atoms with Crippen molar-refractivity contribution in [3.8, 4) is 0 Å². The average Bonchev–Trinajstić information content (AvgIpc) is 2.57. The number of halogens is 2. The molecule has 1 aromatic rings. The molecule has 0 aliphatic heterocycles. The van der Waals surface area contributed by atoms with Crippen molar-refractivity contribution >= 4 is 35.0 Å². The van der Waals surface area contributed by atoms with Gasteiger partial charge in [0, 0.05) is 11.6 Å². The number of benzene rings is 1. The first-order valence-electron chi connectivity index (χ1n) is 9.42. The highest BCUT2D eigenvalue weighted by molar-refractivity contribution is 6.36. The van der Waals surface area contributed by atoms with Crippen molar-refractivity contribution < 1.29 is 9.59 Å². The van der Waals surface area contributed by atoms with Crippen molar-refractivity contribution in [1.82, 2.24) is 10.6 Å². The molecular formula is C20H24Cl2N2O2. The number of hydrogen-bond acceptors (Lipinski definition) is 2. The Morgan fingerprint density at radius 1 is 1.00 bits per heavy atom. The van der Waals surface area contributed by atoms with Gasteiger partial charge in [0.25, 0.3) is 5.91 Å². The van der Waals surface area contributed by atoms with Gasteiger partial charge in [0.1, 0.15) is 0 Å². The van der Waals surface area contributed by atoms with Crippen LogP contribution in [0.3, 0.4) is 0 Å². The fourth-order valence-corrected chi connectivity index (χ4v) is 6.28. The van der Waals surface area contributed by atoms with E-state index >= 15 is 0 Å². The maximum absolute atomic E-state index is 12.2. The van der Waals surface area contributed by atoms with E-state index in [0.717, 1.165) is 24.3 Å². The molecule has 4 bridgehead atoms. The Balaban J connectivity index is 1.27. The number of nitrogens with one attached hydrogen (secondary N) is 2. The highest BCUT2D eigenvalue weighted by Crippen LogP contribution is 2.59. The Morgan fingerprint density at radius 3 is 2.19 bits per heavy atom. The molecule has 4 fully saturated rings. The molecule has 2 amide bonds.